The Morgan fingerprint density at radius 3 is 2.89 bits per heavy atom. The third kappa shape index (κ3) is 4.15. The van der Waals surface area contributed by atoms with Gasteiger partial charge in [0.05, 0.1) is 10.5 Å². The van der Waals surface area contributed by atoms with Crippen LogP contribution >= 0.6 is 11.8 Å². The molecule has 18 heavy (non-hydrogen) atoms. The molecule has 1 aromatic rings. The summed E-state index contributed by atoms with van der Waals surface area (Å²) >= 11 is 1.51. The molecule has 2 N–H and O–H groups in total. The number of pyridine rings is 1. The van der Waals surface area contributed by atoms with Crippen LogP contribution in [-0.4, -0.2) is 39.2 Å². The predicted molar refractivity (Wildman–Crippen MR) is 73.1 cm³/mol. The predicted octanol–water partition coefficient (Wildman–Crippen LogP) is 1.82. The molecule has 0 saturated heterocycles. The Morgan fingerprint density at radius 1 is 1.67 bits per heavy atom. The van der Waals surface area contributed by atoms with Crippen LogP contribution in [0.5, 0.6) is 0 Å². The number of aryl methyl sites for hydroxylation is 1. The molecule has 100 valence electrons. The average molecular weight is 271 g/mol. The van der Waals surface area contributed by atoms with Crippen molar-refractivity contribution in [1.82, 2.24) is 4.98 Å². The number of nitrogens with zero attached hydrogens (tertiary/aromatic N) is 2. The summed E-state index contributed by atoms with van der Waals surface area (Å²) in [6.45, 7) is 3.63. The molecule has 0 aliphatic rings. The molecule has 0 aliphatic heterocycles. The summed E-state index contributed by atoms with van der Waals surface area (Å²) in [7, 11) is 0. The molecule has 7 heteroatoms. The number of thioether (sulfide) groups is 1. The lowest BCUT2D eigenvalue weighted by Crippen LogP contribution is -2.36. The van der Waals surface area contributed by atoms with E-state index in [1.54, 1.807) is 20.0 Å². The van der Waals surface area contributed by atoms with E-state index in [1.165, 1.54) is 17.8 Å². The van der Waals surface area contributed by atoms with Crippen molar-refractivity contribution in [2.75, 3.05) is 23.9 Å². The fourth-order valence-corrected chi connectivity index (χ4v) is 2.19. The van der Waals surface area contributed by atoms with Gasteiger partial charge in [0.25, 0.3) is 0 Å². The molecule has 0 saturated carbocycles. The van der Waals surface area contributed by atoms with Crippen LogP contribution in [0.3, 0.4) is 0 Å². The molecule has 0 aromatic carbocycles. The van der Waals surface area contributed by atoms with Gasteiger partial charge in [-0.1, -0.05) is 0 Å². The largest absolute Gasteiger partial charge is 0.387 e. The molecule has 0 amide bonds. The molecule has 1 aromatic heterocycles. The summed E-state index contributed by atoms with van der Waals surface area (Å²) in [4.78, 5) is 14.4. The van der Waals surface area contributed by atoms with Crippen molar-refractivity contribution in [2.45, 2.75) is 19.4 Å². The average Bonchev–Trinajstić information content (AvgIpc) is 2.27. The van der Waals surface area contributed by atoms with E-state index in [0.29, 0.717) is 5.75 Å². The van der Waals surface area contributed by atoms with E-state index in [1.807, 2.05) is 6.26 Å². The summed E-state index contributed by atoms with van der Waals surface area (Å²) in [5.74, 6) is 0.728. The number of hydrogen-bond acceptors (Lipinski definition) is 6. The van der Waals surface area contributed by atoms with E-state index in [2.05, 4.69) is 10.3 Å². The van der Waals surface area contributed by atoms with Gasteiger partial charge in [0.2, 0.25) is 5.82 Å². The number of nitro groups is 1. The normalized spacial score (nSPS) is 14.0. The van der Waals surface area contributed by atoms with Gasteiger partial charge < -0.3 is 10.4 Å². The van der Waals surface area contributed by atoms with Gasteiger partial charge in [-0.3, -0.25) is 10.1 Å². The Bertz CT molecular complexity index is 438. The van der Waals surface area contributed by atoms with Crippen LogP contribution in [-0.2, 0) is 0 Å². The Morgan fingerprint density at radius 2 is 2.33 bits per heavy atom. The van der Waals surface area contributed by atoms with E-state index in [0.717, 1.165) is 5.56 Å². The lowest BCUT2D eigenvalue weighted by Gasteiger charge is -2.22. The first-order chi connectivity index (χ1) is 8.35. The zero-order valence-corrected chi connectivity index (χ0v) is 11.5. The third-order valence-electron chi connectivity index (χ3n) is 2.29. The molecule has 1 unspecified atom stereocenters. The third-order valence-corrected chi connectivity index (χ3v) is 3.20. The van der Waals surface area contributed by atoms with E-state index in [4.69, 9.17) is 0 Å². The minimum atomic E-state index is -0.931. The standard InChI is InChI=1S/C11H17N3O3S/c1-8-4-9(14(16)17)10(12-5-8)13-6-11(2,15)7-18-3/h4-5,15H,6-7H2,1-3H3,(H,12,13). The SMILES string of the molecule is CSCC(C)(O)CNc1ncc(C)cc1[N+](=O)[O-]. The Hall–Kier alpha value is -1.34. The summed E-state index contributed by atoms with van der Waals surface area (Å²) in [6.07, 6.45) is 3.44. The van der Waals surface area contributed by atoms with Crippen molar-refractivity contribution < 1.29 is 10.0 Å². The fourth-order valence-electron chi connectivity index (χ4n) is 1.47. The lowest BCUT2D eigenvalue weighted by atomic mass is 10.1. The van der Waals surface area contributed by atoms with Gasteiger partial charge in [-0.2, -0.15) is 11.8 Å². The molecular weight excluding hydrogens is 254 g/mol. The number of hydrogen-bond donors (Lipinski definition) is 2. The molecule has 1 rings (SSSR count). The molecule has 6 nitrogen and oxygen atoms in total. The van der Waals surface area contributed by atoms with Crippen molar-refractivity contribution >= 4 is 23.3 Å². The van der Waals surface area contributed by atoms with E-state index in [-0.39, 0.29) is 18.1 Å². The first-order valence-corrected chi connectivity index (χ1v) is 6.81. The van der Waals surface area contributed by atoms with Crippen molar-refractivity contribution in [3.63, 3.8) is 0 Å². The summed E-state index contributed by atoms with van der Waals surface area (Å²) < 4.78 is 0. The highest BCUT2D eigenvalue weighted by Crippen LogP contribution is 2.23. The molecule has 0 radical (unpaired) electrons. The van der Waals surface area contributed by atoms with Crippen molar-refractivity contribution in [1.29, 1.82) is 0 Å². The molecule has 0 bridgehead atoms. The van der Waals surface area contributed by atoms with Gasteiger partial charge in [-0.05, 0) is 25.7 Å². The number of aliphatic hydroxyl groups is 1. The van der Waals surface area contributed by atoms with Crippen LogP contribution in [0.1, 0.15) is 12.5 Å². The maximum absolute atomic E-state index is 10.9. The number of anilines is 1. The van der Waals surface area contributed by atoms with Gasteiger partial charge in [0.15, 0.2) is 0 Å². The minimum absolute atomic E-state index is 0.0741. The van der Waals surface area contributed by atoms with Crippen LogP contribution in [0, 0.1) is 17.0 Å². The maximum Gasteiger partial charge on any atom is 0.311 e. The topological polar surface area (TPSA) is 88.3 Å². The van der Waals surface area contributed by atoms with Crippen molar-refractivity contribution in [3.8, 4) is 0 Å². The summed E-state index contributed by atoms with van der Waals surface area (Å²) in [5, 5.41) is 23.7. The summed E-state index contributed by atoms with van der Waals surface area (Å²) in [6, 6.07) is 1.46. The van der Waals surface area contributed by atoms with Crippen molar-refractivity contribution in [3.05, 3.63) is 27.9 Å². The first-order valence-electron chi connectivity index (χ1n) is 5.42. The number of nitrogens with one attached hydrogen (secondary N) is 1. The second kappa shape index (κ2) is 6.01. The molecule has 0 aliphatic carbocycles. The van der Waals surface area contributed by atoms with Crippen LogP contribution < -0.4 is 5.32 Å². The number of aromatic nitrogens is 1. The molecule has 1 atom stereocenters. The highest BCUT2D eigenvalue weighted by atomic mass is 32.2. The summed E-state index contributed by atoms with van der Waals surface area (Å²) in [5.41, 5.74) is -0.280. The Kier molecular flexibility index (Phi) is 4.92. The van der Waals surface area contributed by atoms with Gasteiger partial charge in [0.1, 0.15) is 0 Å². The zero-order valence-electron chi connectivity index (χ0n) is 10.6. The fraction of sp³-hybridized carbons (Fsp3) is 0.545. The van der Waals surface area contributed by atoms with Crippen LogP contribution in [0.15, 0.2) is 12.3 Å². The molecule has 0 fully saturated rings. The smallest absolute Gasteiger partial charge is 0.311 e. The van der Waals surface area contributed by atoms with Gasteiger partial charge >= 0.3 is 5.69 Å². The monoisotopic (exact) mass is 271 g/mol. The van der Waals surface area contributed by atoms with E-state index < -0.39 is 10.5 Å². The molecular formula is C11H17N3O3S. The second-order valence-electron chi connectivity index (χ2n) is 4.42. The minimum Gasteiger partial charge on any atom is -0.387 e. The van der Waals surface area contributed by atoms with Gasteiger partial charge in [-0.25, -0.2) is 4.98 Å². The highest BCUT2D eigenvalue weighted by molar-refractivity contribution is 7.98. The molecule has 1 heterocycles. The van der Waals surface area contributed by atoms with Crippen LogP contribution in [0.25, 0.3) is 0 Å². The molecule has 0 spiro atoms. The Labute approximate surface area is 110 Å². The van der Waals surface area contributed by atoms with Gasteiger partial charge in [-0.15, -0.1) is 0 Å². The van der Waals surface area contributed by atoms with Gasteiger partial charge in [0, 0.05) is 24.6 Å². The lowest BCUT2D eigenvalue weighted by molar-refractivity contribution is -0.384. The van der Waals surface area contributed by atoms with Crippen LogP contribution in [0.4, 0.5) is 11.5 Å². The van der Waals surface area contributed by atoms with E-state index in [9.17, 15) is 15.2 Å². The second-order valence-corrected chi connectivity index (χ2v) is 5.29. The first kappa shape index (κ1) is 14.7. The Balaban J connectivity index is 2.82. The highest BCUT2D eigenvalue weighted by Gasteiger charge is 2.22. The van der Waals surface area contributed by atoms with Crippen molar-refractivity contribution in [2.24, 2.45) is 0 Å². The van der Waals surface area contributed by atoms with Crippen LogP contribution in [0.2, 0.25) is 0 Å². The quantitative estimate of drug-likeness (QED) is 0.606. The maximum atomic E-state index is 10.9. The zero-order chi connectivity index (χ0) is 13.8. The van der Waals surface area contributed by atoms with E-state index >= 15 is 0 Å². The number of rotatable bonds is 6.